The highest BCUT2D eigenvalue weighted by molar-refractivity contribution is 5.75. The number of halogens is 3. The first kappa shape index (κ1) is 22.1. The van der Waals surface area contributed by atoms with Crippen LogP contribution in [-0.4, -0.2) is 12.0 Å². The van der Waals surface area contributed by atoms with E-state index < -0.39 is 12.0 Å². The van der Waals surface area contributed by atoms with Crippen molar-refractivity contribution in [3.05, 3.63) is 54.1 Å². The van der Waals surface area contributed by atoms with E-state index in [1.54, 1.807) is 6.08 Å². The molecule has 0 N–H and O–H groups in total. The first-order chi connectivity index (χ1) is 13.8. The Bertz CT molecular complexity index is 699. The Balaban J connectivity index is 1.68. The molecule has 0 heterocycles. The number of hydrogen-bond acceptors (Lipinski definition) is 1. The lowest BCUT2D eigenvalue weighted by molar-refractivity contribution is -0.366. The van der Waals surface area contributed by atoms with Crippen LogP contribution in [0.4, 0.5) is 13.2 Å². The molecule has 1 saturated carbocycles. The molecule has 0 aromatic heterocycles. The van der Waals surface area contributed by atoms with Crippen LogP contribution in [0.5, 0.6) is 0 Å². The van der Waals surface area contributed by atoms with Gasteiger partial charge in [-0.3, -0.25) is 4.74 Å². The lowest BCUT2D eigenvalue weighted by Crippen LogP contribution is -2.45. The largest absolute Gasteiger partial charge is 0.523 e. The molecule has 0 bridgehead atoms. The van der Waals surface area contributed by atoms with Crippen molar-refractivity contribution in [2.45, 2.75) is 77.2 Å². The second-order valence-corrected chi connectivity index (χ2v) is 8.87. The van der Waals surface area contributed by atoms with E-state index in [9.17, 15) is 13.2 Å². The average molecular weight is 407 g/mol. The zero-order valence-corrected chi connectivity index (χ0v) is 17.5. The Kier molecular flexibility index (Phi) is 7.26. The van der Waals surface area contributed by atoms with Gasteiger partial charge in [-0.1, -0.05) is 94.5 Å². The molecule has 1 nitrogen and oxygen atoms in total. The summed E-state index contributed by atoms with van der Waals surface area (Å²) in [6.07, 6.45) is 8.30. The topological polar surface area (TPSA) is 9.23 Å². The van der Waals surface area contributed by atoms with Crippen molar-refractivity contribution >= 4 is 5.57 Å². The van der Waals surface area contributed by atoms with Crippen molar-refractivity contribution in [3.8, 4) is 0 Å². The number of hydrogen-bond donors (Lipinski definition) is 0. The molecule has 0 aliphatic heterocycles. The van der Waals surface area contributed by atoms with Crippen LogP contribution in [0, 0.1) is 17.8 Å². The summed E-state index contributed by atoms with van der Waals surface area (Å²) in [5, 5.41) is 0. The van der Waals surface area contributed by atoms with E-state index in [4.69, 9.17) is 4.74 Å². The SMILES string of the molecule is CCC(C)CCC1CCC(C2(OC(F)(F)F)C=CC(c3ccccc3)=CC2)CC1. The van der Waals surface area contributed by atoms with Crippen molar-refractivity contribution in [3.63, 3.8) is 0 Å². The highest BCUT2D eigenvalue weighted by atomic mass is 19.4. The van der Waals surface area contributed by atoms with Gasteiger partial charge in [0.1, 0.15) is 5.60 Å². The molecule has 2 aliphatic carbocycles. The van der Waals surface area contributed by atoms with Gasteiger partial charge in [-0.2, -0.15) is 0 Å². The molecule has 2 unspecified atom stereocenters. The molecule has 0 radical (unpaired) electrons. The van der Waals surface area contributed by atoms with E-state index in [-0.39, 0.29) is 12.3 Å². The molecular weight excluding hydrogens is 373 g/mol. The third kappa shape index (κ3) is 5.97. The van der Waals surface area contributed by atoms with E-state index in [1.807, 2.05) is 42.5 Å². The van der Waals surface area contributed by atoms with Gasteiger partial charge in [0.05, 0.1) is 0 Å². The summed E-state index contributed by atoms with van der Waals surface area (Å²) in [5.41, 5.74) is 0.727. The van der Waals surface area contributed by atoms with E-state index in [0.29, 0.717) is 5.92 Å². The maximum absolute atomic E-state index is 13.3. The first-order valence-corrected chi connectivity index (χ1v) is 11.0. The zero-order valence-electron chi connectivity index (χ0n) is 17.5. The third-order valence-corrected chi connectivity index (χ3v) is 6.90. The monoisotopic (exact) mass is 406 g/mol. The number of allylic oxidation sites excluding steroid dienone is 2. The highest BCUT2D eigenvalue weighted by Crippen LogP contribution is 2.46. The summed E-state index contributed by atoms with van der Waals surface area (Å²) >= 11 is 0. The molecule has 160 valence electrons. The molecule has 4 heteroatoms. The van der Waals surface area contributed by atoms with Crippen LogP contribution in [0.3, 0.4) is 0 Å². The maximum Gasteiger partial charge on any atom is 0.523 e. The van der Waals surface area contributed by atoms with Gasteiger partial charge in [0, 0.05) is 0 Å². The summed E-state index contributed by atoms with van der Waals surface area (Å²) in [5.74, 6) is 1.29. The Hall–Kier alpha value is -1.55. The summed E-state index contributed by atoms with van der Waals surface area (Å²) in [6, 6.07) is 9.79. The molecular formula is C25H33F3O. The number of rotatable bonds is 7. The van der Waals surface area contributed by atoms with Crippen LogP contribution in [0.25, 0.3) is 5.57 Å². The normalized spacial score (nSPS) is 28.8. The fourth-order valence-corrected chi connectivity index (χ4v) is 4.82. The van der Waals surface area contributed by atoms with Crippen molar-refractivity contribution in [1.82, 2.24) is 0 Å². The molecule has 1 fully saturated rings. The molecule has 0 saturated heterocycles. The Morgan fingerprint density at radius 3 is 2.34 bits per heavy atom. The Morgan fingerprint density at radius 2 is 1.79 bits per heavy atom. The smallest absolute Gasteiger partial charge is 0.280 e. The summed E-state index contributed by atoms with van der Waals surface area (Å²) in [4.78, 5) is 0. The highest BCUT2D eigenvalue weighted by Gasteiger charge is 2.48. The predicted molar refractivity (Wildman–Crippen MR) is 112 cm³/mol. The number of alkyl halides is 3. The molecule has 0 amide bonds. The summed E-state index contributed by atoms with van der Waals surface area (Å²) < 4.78 is 44.7. The quantitative estimate of drug-likeness (QED) is 0.446. The van der Waals surface area contributed by atoms with Gasteiger partial charge < -0.3 is 0 Å². The molecule has 1 aromatic carbocycles. The van der Waals surface area contributed by atoms with Gasteiger partial charge in [0.2, 0.25) is 0 Å². The standard InChI is InChI=1S/C25H33F3O/c1-3-19(2)9-10-20-11-13-23(14-12-20)24(29-25(26,27)28)17-15-22(16-18-24)21-7-5-4-6-8-21/h4-8,15-17,19-20,23H,3,9-14,18H2,1-2H3. The number of benzene rings is 1. The van der Waals surface area contributed by atoms with Gasteiger partial charge >= 0.3 is 6.36 Å². The van der Waals surface area contributed by atoms with Gasteiger partial charge in [-0.05, 0) is 48.2 Å². The van der Waals surface area contributed by atoms with Crippen LogP contribution < -0.4 is 0 Å². The fourth-order valence-electron chi connectivity index (χ4n) is 4.82. The molecule has 2 aliphatic rings. The Labute approximate surface area is 173 Å². The van der Waals surface area contributed by atoms with E-state index in [1.165, 1.54) is 19.3 Å². The van der Waals surface area contributed by atoms with Crippen LogP contribution >= 0.6 is 0 Å². The minimum atomic E-state index is -4.63. The van der Waals surface area contributed by atoms with Gasteiger partial charge in [-0.15, -0.1) is 13.2 Å². The lowest BCUT2D eigenvalue weighted by atomic mass is 9.69. The molecule has 3 rings (SSSR count). The van der Waals surface area contributed by atoms with E-state index in [2.05, 4.69) is 13.8 Å². The Morgan fingerprint density at radius 1 is 1.10 bits per heavy atom. The van der Waals surface area contributed by atoms with Crippen LogP contribution in [0.1, 0.15) is 70.8 Å². The van der Waals surface area contributed by atoms with E-state index in [0.717, 1.165) is 42.7 Å². The molecule has 2 atom stereocenters. The maximum atomic E-state index is 13.3. The first-order valence-electron chi connectivity index (χ1n) is 11.0. The van der Waals surface area contributed by atoms with Crippen LogP contribution in [-0.2, 0) is 4.74 Å². The van der Waals surface area contributed by atoms with Gasteiger partial charge in [0.15, 0.2) is 0 Å². The lowest BCUT2D eigenvalue weighted by Gasteiger charge is -2.43. The molecule has 1 aromatic rings. The van der Waals surface area contributed by atoms with Gasteiger partial charge in [-0.25, -0.2) is 0 Å². The summed E-state index contributed by atoms with van der Waals surface area (Å²) in [6.45, 7) is 4.49. The second-order valence-electron chi connectivity index (χ2n) is 8.87. The minimum Gasteiger partial charge on any atom is -0.280 e. The van der Waals surface area contributed by atoms with Crippen molar-refractivity contribution in [1.29, 1.82) is 0 Å². The zero-order chi connectivity index (χ0) is 20.9. The van der Waals surface area contributed by atoms with Crippen molar-refractivity contribution in [2.24, 2.45) is 17.8 Å². The van der Waals surface area contributed by atoms with Crippen molar-refractivity contribution in [2.75, 3.05) is 0 Å². The third-order valence-electron chi connectivity index (χ3n) is 6.90. The minimum absolute atomic E-state index is 0.0891. The van der Waals surface area contributed by atoms with Crippen molar-refractivity contribution < 1.29 is 17.9 Å². The van der Waals surface area contributed by atoms with Crippen LogP contribution in [0.2, 0.25) is 0 Å². The molecule has 0 spiro atoms. The average Bonchev–Trinajstić information content (AvgIpc) is 2.72. The van der Waals surface area contributed by atoms with E-state index >= 15 is 0 Å². The van der Waals surface area contributed by atoms with Crippen LogP contribution in [0.15, 0.2) is 48.6 Å². The van der Waals surface area contributed by atoms with Gasteiger partial charge in [0.25, 0.3) is 0 Å². The number of ether oxygens (including phenoxy) is 1. The fraction of sp³-hybridized carbons (Fsp3) is 0.600. The molecule has 29 heavy (non-hydrogen) atoms. The summed E-state index contributed by atoms with van der Waals surface area (Å²) in [7, 11) is 0. The predicted octanol–water partition coefficient (Wildman–Crippen LogP) is 7.94. The second kappa shape index (κ2) is 9.51.